The van der Waals surface area contributed by atoms with Crippen molar-refractivity contribution in [2.24, 2.45) is 0 Å². The van der Waals surface area contributed by atoms with E-state index in [0.29, 0.717) is 23.7 Å². The van der Waals surface area contributed by atoms with Gasteiger partial charge in [0.25, 0.3) is 5.91 Å². The van der Waals surface area contributed by atoms with Gasteiger partial charge in [-0.25, -0.2) is 4.98 Å². The molecule has 0 spiro atoms. The molecular weight excluding hydrogens is 340 g/mol. The Hall–Kier alpha value is -2.34. The van der Waals surface area contributed by atoms with Crippen LogP contribution in [0.1, 0.15) is 48.9 Å². The van der Waals surface area contributed by atoms with Gasteiger partial charge >= 0.3 is 0 Å². The lowest BCUT2D eigenvalue weighted by Crippen LogP contribution is -2.38. The Kier molecular flexibility index (Phi) is 6.58. The highest BCUT2D eigenvalue weighted by molar-refractivity contribution is 6.33. The molecule has 0 fully saturated rings. The molecule has 1 atom stereocenters. The number of nitrogens with one attached hydrogen (secondary N) is 2. The van der Waals surface area contributed by atoms with Crippen LogP contribution in [0.25, 0.3) is 0 Å². The normalized spacial score (nSPS) is 12.0. The highest BCUT2D eigenvalue weighted by Gasteiger charge is 2.18. The van der Waals surface area contributed by atoms with E-state index in [1.54, 1.807) is 36.7 Å². The molecule has 0 aliphatic heterocycles. The number of carbonyl (C=O) groups excluding carboxylic acids is 2. The molecule has 134 valence electrons. The Morgan fingerprint density at radius 2 is 1.84 bits per heavy atom. The Labute approximate surface area is 152 Å². The molecule has 0 saturated carbocycles. The van der Waals surface area contributed by atoms with Gasteiger partial charge in [-0.3, -0.25) is 9.59 Å². The second-order valence-corrected chi connectivity index (χ2v) is 6.46. The fourth-order valence-electron chi connectivity index (χ4n) is 2.48. The number of amides is 2. The van der Waals surface area contributed by atoms with Gasteiger partial charge in [-0.05, 0) is 19.1 Å². The predicted molar refractivity (Wildman–Crippen MR) is 97.8 cm³/mol. The van der Waals surface area contributed by atoms with Crippen LogP contribution >= 0.6 is 11.6 Å². The number of halogens is 1. The molecule has 0 unspecified atom stereocenters. The first-order chi connectivity index (χ1) is 11.9. The van der Waals surface area contributed by atoms with Crippen LogP contribution < -0.4 is 10.6 Å². The van der Waals surface area contributed by atoms with E-state index in [2.05, 4.69) is 15.6 Å². The zero-order valence-corrected chi connectivity index (χ0v) is 15.4. The van der Waals surface area contributed by atoms with E-state index in [-0.39, 0.29) is 23.8 Å². The van der Waals surface area contributed by atoms with Crippen LogP contribution in [0.5, 0.6) is 0 Å². The average Bonchev–Trinajstić information content (AvgIpc) is 3.08. The van der Waals surface area contributed by atoms with Crippen molar-refractivity contribution in [2.45, 2.75) is 32.7 Å². The zero-order chi connectivity index (χ0) is 18.4. The van der Waals surface area contributed by atoms with E-state index in [4.69, 9.17) is 11.6 Å². The molecule has 0 bridgehead atoms. The average molecular weight is 363 g/mol. The minimum Gasteiger partial charge on any atom is -0.353 e. The summed E-state index contributed by atoms with van der Waals surface area (Å²) in [5, 5.41) is 5.97. The lowest BCUT2D eigenvalue weighted by atomic mass is 10.2. The van der Waals surface area contributed by atoms with E-state index in [0.717, 1.165) is 5.82 Å². The number of rotatable bonds is 7. The van der Waals surface area contributed by atoms with Crippen LogP contribution in [0, 0.1) is 0 Å². The van der Waals surface area contributed by atoms with E-state index < -0.39 is 0 Å². The third kappa shape index (κ3) is 4.82. The Morgan fingerprint density at radius 1 is 1.16 bits per heavy atom. The number of aromatic nitrogens is 2. The monoisotopic (exact) mass is 362 g/mol. The molecule has 2 amide bonds. The van der Waals surface area contributed by atoms with Crippen LogP contribution in [-0.4, -0.2) is 34.5 Å². The number of benzene rings is 1. The zero-order valence-electron chi connectivity index (χ0n) is 14.6. The molecule has 0 radical (unpaired) electrons. The van der Waals surface area contributed by atoms with Gasteiger partial charge in [-0.2, -0.15) is 0 Å². The second-order valence-electron chi connectivity index (χ2n) is 6.05. The van der Waals surface area contributed by atoms with Gasteiger partial charge in [0.05, 0.1) is 10.6 Å². The van der Waals surface area contributed by atoms with Gasteiger partial charge in [-0.1, -0.05) is 37.6 Å². The summed E-state index contributed by atoms with van der Waals surface area (Å²) in [6.07, 6.45) is 3.50. The SMILES string of the molecule is CC(C)c1nccn1[C@@H](C)C(=O)NCCNC(=O)c1ccccc1Cl. The van der Waals surface area contributed by atoms with Gasteiger partial charge in [0.1, 0.15) is 11.9 Å². The largest absolute Gasteiger partial charge is 0.353 e. The van der Waals surface area contributed by atoms with E-state index in [1.165, 1.54) is 0 Å². The topological polar surface area (TPSA) is 76.0 Å². The predicted octanol–water partition coefficient (Wildman–Crippen LogP) is 2.77. The van der Waals surface area contributed by atoms with Gasteiger partial charge in [0.15, 0.2) is 0 Å². The van der Waals surface area contributed by atoms with Crippen LogP contribution in [0.2, 0.25) is 5.02 Å². The molecular formula is C18H23ClN4O2. The molecule has 0 aliphatic rings. The minimum atomic E-state index is -0.362. The minimum absolute atomic E-state index is 0.119. The van der Waals surface area contributed by atoms with Crippen molar-refractivity contribution >= 4 is 23.4 Å². The van der Waals surface area contributed by atoms with Crippen LogP contribution in [-0.2, 0) is 4.79 Å². The van der Waals surface area contributed by atoms with Crippen LogP contribution in [0.4, 0.5) is 0 Å². The first-order valence-electron chi connectivity index (χ1n) is 8.25. The van der Waals surface area contributed by atoms with Crippen molar-refractivity contribution in [3.8, 4) is 0 Å². The summed E-state index contributed by atoms with van der Waals surface area (Å²) in [6, 6.07) is 6.48. The molecule has 2 aromatic rings. The summed E-state index contributed by atoms with van der Waals surface area (Å²) in [5.41, 5.74) is 0.420. The first kappa shape index (κ1) is 19.0. The Balaban J connectivity index is 1.81. The smallest absolute Gasteiger partial charge is 0.252 e. The highest BCUT2D eigenvalue weighted by atomic mass is 35.5. The number of hydrogen-bond acceptors (Lipinski definition) is 3. The van der Waals surface area contributed by atoms with Crippen molar-refractivity contribution < 1.29 is 9.59 Å². The van der Waals surface area contributed by atoms with Crippen molar-refractivity contribution in [1.29, 1.82) is 0 Å². The summed E-state index contributed by atoms with van der Waals surface area (Å²) in [7, 11) is 0. The lowest BCUT2D eigenvalue weighted by molar-refractivity contribution is -0.123. The summed E-state index contributed by atoms with van der Waals surface area (Å²) in [4.78, 5) is 28.6. The molecule has 1 aromatic carbocycles. The summed E-state index contributed by atoms with van der Waals surface area (Å²) in [5.74, 6) is 0.728. The van der Waals surface area contributed by atoms with E-state index >= 15 is 0 Å². The fraction of sp³-hybridized carbons (Fsp3) is 0.389. The van der Waals surface area contributed by atoms with Gasteiger partial charge in [0.2, 0.25) is 5.91 Å². The standard InChI is InChI=1S/C18H23ClN4O2/c1-12(2)16-20-10-11-23(16)13(3)17(24)21-8-9-22-18(25)14-6-4-5-7-15(14)19/h4-7,10-13H,8-9H2,1-3H3,(H,21,24)(H,22,25)/t13-/m0/s1. The molecule has 6 nitrogen and oxygen atoms in total. The van der Waals surface area contributed by atoms with E-state index in [1.807, 2.05) is 25.3 Å². The summed E-state index contributed by atoms with van der Waals surface area (Å²) < 4.78 is 1.86. The first-order valence-corrected chi connectivity index (χ1v) is 8.62. The van der Waals surface area contributed by atoms with Gasteiger partial charge in [-0.15, -0.1) is 0 Å². The van der Waals surface area contributed by atoms with Crippen molar-refractivity contribution in [1.82, 2.24) is 20.2 Å². The quantitative estimate of drug-likeness (QED) is 0.743. The second kappa shape index (κ2) is 8.67. The van der Waals surface area contributed by atoms with Crippen molar-refractivity contribution in [3.63, 3.8) is 0 Å². The van der Waals surface area contributed by atoms with Gasteiger partial charge in [0, 0.05) is 31.4 Å². The van der Waals surface area contributed by atoms with E-state index in [9.17, 15) is 9.59 Å². The number of hydrogen-bond donors (Lipinski definition) is 2. The Bertz CT molecular complexity index is 742. The Morgan fingerprint density at radius 3 is 2.52 bits per heavy atom. The molecule has 1 heterocycles. The molecule has 1 aromatic heterocycles. The molecule has 7 heteroatoms. The van der Waals surface area contributed by atoms with Crippen molar-refractivity contribution in [3.05, 3.63) is 53.1 Å². The third-order valence-corrected chi connectivity index (χ3v) is 4.17. The van der Waals surface area contributed by atoms with Crippen LogP contribution in [0.15, 0.2) is 36.7 Å². The van der Waals surface area contributed by atoms with Crippen LogP contribution in [0.3, 0.4) is 0 Å². The number of imidazole rings is 1. The fourth-order valence-corrected chi connectivity index (χ4v) is 2.70. The number of nitrogens with zero attached hydrogens (tertiary/aromatic N) is 2. The molecule has 0 aliphatic carbocycles. The maximum absolute atomic E-state index is 12.3. The molecule has 2 N–H and O–H groups in total. The molecule has 2 rings (SSSR count). The maximum atomic E-state index is 12.3. The summed E-state index contributed by atoms with van der Waals surface area (Å²) in [6.45, 7) is 6.56. The maximum Gasteiger partial charge on any atom is 0.252 e. The third-order valence-electron chi connectivity index (χ3n) is 3.84. The number of carbonyl (C=O) groups is 2. The molecule has 25 heavy (non-hydrogen) atoms. The lowest BCUT2D eigenvalue weighted by Gasteiger charge is -2.18. The summed E-state index contributed by atoms with van der Waals surface area (Å²) >= 11 is 5.98. The molecule has 0 saturated heterocycles. The highest BCUT2D eigenvalue weighted by Crippen LogP contribution is 2.17. The van der Waals surface area contributed by atoms with Gasteiger partial charge < -0.3 is 15.2 Å². The van der Waals surface area contributed by atoms with Crippen molar-refractivity contribution in [2.75, 3.05) is 13.1 Å².